The zero-order valence-electron chi connectivity index (χ0n) is 8.94. The van der Waals surface area contributed by atoms with Crippen molar-refractivity contribution in [1.29, 1.82) is 0 Å². The summed E-state index contributed by atoms with van der Waals surface area (Å²) in [5.41, 5.74) is 4.29. The van der Waals surface area contributed by atoms with Gasteiger partial charge in [-0.2, -0.15) is 5.21 Å². The van der Waals surface area contributed by atoms with Gasteiger partial charge in [-0.25, -0.2) is 8.78 Å². The number of nitrogens with one attached hydrogen (secondary N) is 2. The minimum atomic E-state index is -0.986. The molecule has 0 bridgehead atoms. The summed E-state index contributed by atoms with van der Waals surface area (Å²) < 4.78 is 26.3. The molecule has 0 radical (unpaired) electrons. The Morgan fingerprint density at radius 3 is 2.61 bits per heavy atom. The third-order valence-corrected chi connectivity index (χ3v) is 2.14. The molecule has 0 spiro atoms. The SMILES string of the molecule is Nc1c(F)cc(C(=O)NCc2nn[nH]n2)cc1F. The summed E-state index contributed by atoms with van der Waals surface area (Å²) in [5, 5.41) is 15.1. The number of aromatic nitrogens is 4. The van der Waals surface area contributed by atoms with Crippen LogP contribution in [0.25, 0.3) is 0 Å². The number of nitrogens with two attached hydrogens (primary N) is 1. The summed E-state index contributed by atoms with van der Waals surface area (Å²) in [5.74, 6) is -2.39. The second-order valence-corrected chi connectivity index (χ2v) is 3.36. The van der Waals surface area contributed by atoms with Crippen LogP contribution in [0.3, 0.4) is 0 Å². The maximum atomic E-state index is 13.1. The van der Waals surface area contributed by atoms with Crippen molar-refractivity contribution >= 4 is 11.6 Å². The lowest BCUT2D eigenvalue weighted by Gasteiger charge is -2.05. The predicted molar refractivity (Wildman–Crippen MR) is 56.1 cm³/mol. The fourth-order valence-corrected chi connectivity index (χ4v) is 1.23. The van der Waals surface area contributed by atoms with Gasteiger partial charge in [-0.1, -0.05) is 5.21 Å². The molecular formula is C9H8F2N6O. The number of nitrogens with zero attached hydrogens (tertiary/aromatic N) is 3. The molecule has 1 amide bonds. The van der Waals surface area contributed by atoms with E-state index in [0.717, 1.165) is 12.1 Å². The van der Waals surface area contributed by atoms with E-state index < -0.39 is 23.2 Å². The summed E-state index contributed by atoms with van der Waals surface area (Å²) in [6, 6.07) is 1.70. The summed E-state index contributed by atoms with van der Waals surface area (Å²) in [6.07, 6.45) is 0. The van der Waals surface area contributed by atoms with Crippen LogP contribution in [0.15, 0.2) is 12.1 Å². The maximum absolute atomic E-state index is 13.1. The lowest BCUT2D eigenvalue weighted by Crippen LogP contribution is -2.24. The molecule has 0 saturated heterocycles. The average molecular weight is 254 g/mol. The highest BCUT2D eigenvalue weighted by atomic mass is 19.1. The average Bonchev–Trinajstić information content (AvgIpc) is 2.85. The quantitative estimate of drug-likeness (QED) is 0.667. The van der Waals surface area contributed by atoms with Gasteiger partial charge in [0, 0.05) is 5.56 Å². The minimum Gasteiger partial charge on any atom is -0.394 e. The van der Waals surface area contributed by atoms with Gasteiger partial charge in [-0.05, 0) is 12.1 Å². The Morgan fingerprint density at radius 2 is 2.06 bits per heavy atom. The first-order chi connectivity index (χ1) is 8.58. The lowest BCUT2D eigenvalue weighted by molar-refractivity contribution is 0.0949. The highest BCUT2D eigenvalue weighted by Crippen LogP contribution is 2.17. The molecule has 2 rings (SSSR count). The van der Waals surface area contributed by atoms with Crippen molar-refractivity contribution in [2.45, 2.75) is 6.54 Å². The van der Waals surface area contributed by atoms with Gasteiger partial charge in [0.25, 0.3) is 5.91 Å². The highest BCUT2D eigenvalue weighted by molar-refractivity contribution is 5.94. The Morgan fingerprint density at radius 1 is 1.39 bits per heavy atom. The Bertz CT molecular complexity index is 547. The Labute approximate surface area is 99.4 Å². The first-order valence-corrected chi connectivity index (χ1v) is 4.83. The van der Waals surface area contributed by atoms with E-state index in [1.807, 2.05) is 0 Å². The smallest absolute Gasteiger partial charge is 0.251 e. The number of amides is 1. The summed E-state index contributed by atoms with van der Waals surface area (Å²) >= 11 is 0. The third-order valence-electron chi connectivity index (χ3n) is 2.14. The van der Waals surface area contributed by atoms with Crippen molar-refractivity contribution in [2.24, 2.45) is 0 Å². The van der Waals surface area contributed by atoms with E-state index in [1.54, 1.807) is 0 Å². The molecule has 1 aromatic carbocycles. The molecule has 9 heteroatoms. The fraction of sp³-hybridized carbons (Fsp3) is 0.111. The molecule has 18 heavy (non-hydrogen) atoms. The molecule has 0 saturated carbocycles. The monoisotopic (exact) mass is 254 g/mol. The number of H-pyrrole nitrogens is 1. The Kier molecular flexibility index (Phi) is 3.13. The molecule has 0 aliphatic rings. The Hall–Kier alpha value is -2.58. The second-order valence-electron chi connectivity index (χ2n) is 3.36. The molecule has 2 aromatic rings. The molecule has 0 aliphatic carbocycles. The standard InChI is InChI=1S/C9H8F2N6O/c10-5-1-4(2-6(11)8(5)12)9(18)13-3-7-14-16-17-15-7/h1-2H,3,12H2,(H,13,18)(H,14,15,16,17). The normalized spacial score (nSPS) is 10.3. The zero-order chi connectivity index (χ0) is 13.1. The summed E-state index contributed by atoms with van der Waals surface area (Å²) in [4.78, 5) is 11.6. The number of hydrogen-bond acceptors (Lipinski definition) is 5. The first kappa shape index (κ1) is 11.9. The van der Waals surface area contributed by atoms with E-state index in [-0.39, 0.29) is 17.9 Å². The van der Waals surface area contributed by atoms with Crippen molar-refractivity contribution in [1.82, 2.24) is 25.9 Å². The lowest BCUT2D eigenvalue weighted by atomic mass is 10.1. The fourth-order valence-electron chi connectivity index (χ4n) is 1.23. The van der Waals surface area contributed by atoms with Crippen LogP contribution in [0, 0.1) is 11.6 Å². The van der Waals surface area contributed by atoms with E-state index >= 15 is 0 Å². The molecule has 0 unspecified atom stereocenters. The number of aromatic amines is 1. The van der Waals surface area contributed by atoms with Gasteiger partial charge in [-0.15, -0.1) is 10.2 Å². The molecule has 7 nitrogen and oxygen atoms in total. The van der Waals surface area contributed by atoms with E-state index in [4.69, 9.17) is 5.73 Å². The molecular weight excluding hydrogens is 246 g/mol. The van der Waals surface area contributed by atoms with Crippen molar-refractivity contribution < 1.29 is 13.6 Å². The highest BCUT2D eigenvalue weighted by Gasteiger charge is 2.13. The molecule has 94 valence electrons. The number of carbonyl (C=O) groups excluding carboxylic acids is 1. The van der Waals surface area contributed by atoms with E-state index in [0.29, 0.717) is 0 Å². The minimum absolute atomic E-state index is 0.0110. The number of tetrazole rings is 1. The molecule has 1 aromatic heterocycles. The van der Waals surface area contributed by atoms with Crippen molar-refractivity contribution in [2.75, 3.05) is 5.73 Å². The van der Waals surface area contributed by atoms with Gasteiger partial charge in [0.2, 0.25) is 0 Å². The largest absolute Gasteiger partial charge is 0.394 e. The number of rotatable bonds is 3. The number of carbonyl (C=O) groups is 1. The van der Waals surface area contributed by atoms with Crippen molar-refractivity contribution in [3.63, 3.8) is 0 Å². The van der Waals surface area contributed by atoms with Gasteiger partial charge in [-0.3, -0.25) is 4.79 Å². The van der Waals surface area contributed by atoms with Crippen LogP contribution in [0.4, 0.5) is 14.5 Å². The number of hydrogen-bond donors (Lipinski definition) is 3. The van der Waals surface area contributed by atoms with Gasteiger partial charge in [0.1, 0.15) is 17.3 Å². The summed E-state index contributed by atoms with van der Waals surface area (Å²) in [6.45, 7) is -0.0110. The van der Waals surface area contributed by atoms with Crippen LogP contribution in [0.1, 0.15) is 16.2 Å². The second kappa shape index (κ2) is 4.73. The first-order valence-electron chi connectivity index (χ1n) is 4.83. The van der Waals surface area contributed by atoms with Crippen LogP contribution in [0.2, 0.25) is 0 Å². The number of anilines is 1. The summed E-state index contributed by atoms with van der Waals surface area (Å²) in [7, 11) is 0. The molecule has 0 atom stereocenters. The molecule has 0 fully saturated rings. The zero-order valence-corrected chi connectivity index (χ0v) is 8.94. The molecule has 0 aliphatic heterocycles. The maximum Gasteiger partial charge on any atom is 0.251 e. The topological polar surface area (TPSA) is 110 Å². The number of nitrogen functional groups attached to an aromatic ring is 1. The Balaban J connectivity index is 2.09. The molecule has 4 N–H and O–H groups in total. The van der Waals surface area contributed by atoms with E-state index in [9.17, 15) is 13.6 Å². The number of benzene rings is 1. The van der Waals surface area contributed by atoms with Crippen molar-refractivity contribution in [3.8, 4) is 0 Å². The number of halogens is 2. The van der Waals surface area contributed by atoms with E-state index in [2.05, 4.69) is 25.9 Å². The van der Waals surface area contributed by atoms with Gasteiger partial charge in [0.05, 0.1) is 6.54 Å². The van der Waals surface area contributed by atoms with Gasteiger partial charge in [0.15, 0.2) is 5.82 Å². The van der Waals surface area contributed by atoms with Gasteiger partial charge < -0.3 is 11.1 Å². The van der Waals surface area contributed by atoms with Crippen LogP contribution < -0.4 is 11.1 Å². The molecule has 1 heterocycles. The van der Waals surface area contributed by atoms with Crippen molar-refractivity contribution in [3.05, 3.63) is 35.2 Å². The van der Waals surface area contributed by atoms with Crippen LogP contribution >= 0.6 is 0 Å². The van der Waals surface area contributed by atoms with Crippen LogP contribution in [-0.4, -0.2) is 26.5 Å². The van der Waals surface area contributed by atoms with Crippen LogP contribution in [-0.2, 0) is 6.54 Å². The predicted octanol–water partition coefficient (Wildman–Crippen LogP) is -0.00990. The van der Waals surface area contributed by atoms with Crippen LogP contribution in [0.5, 0.6) is 0 Å². The van der Waals surface area contributed by atoms with E-state index in [1.165, 1.54) is 0 Å². The third kappa shape index (κ3) is 2.39. The van der Waals surface area contributed by atoms with Gasteiger partial charge >= 0.3 is 0 Å².